The molecule has 0 bridgehead atoms. The lowest BCUT2D eigenvalue weighted by molar-refractivity contribution is -0.697. The zero-order valence-corrected chi connectivity index (χ0v) is 26.2. The summed E-state index contributed by atoms with van der Waals surface area (Å²) in [4.78, 5) is 62.2. The standard InChI is InChI=1S/C23H24N6O5S2.C7H6O3/c1-34-27-16(14-11-36-23(24)25-14)19(30)26-17-20(31)29-18(22(32)33)13(10-35-21(17)29)9-28-8-4-6-12-5-2-3-7-15(12)28;8-7(10-9)6-4-2-1-3-5-6/h4,6,8,11,17,21H,2-3,5,7,9-10H2,1H3,(H3-,24,25,26,30,32,33);1-5,9H/b27-16-;/t17-,21-;/m1./s1. The molecule has 2 aliphatic heterocycles. The van der Waals surface area contributed by atoms with Crippen molar-refractivity contribution in [2.45, 2.75) is 43.6 Å². The number of carbonyl (C=O) groups is 4. The number of carboxylic acids is 1. The van der Waals surface area contributed by atoms with Crippen molar-refractivity contribution in [3.05, 3.63) is 87.8 Å². The van der Waals surface area contributed by atoms with Gasteiger partial charge in [-0.05, 0) is 37.5 Å². The summed E-state index contributed by atoms with van der Waals surface area (Å²) >= 11 is 2.54. The highest BCUT2D eigenvalue weighted by atomic mass is 32.2. The average molecular weight is 667 g/mol. The number of oxime groups is 1. The lowest BCUT2D eigenvalue weighted by Gasteiger charge is -2.50. The van der Waals surface area contributed by atoms with E-state index < -0.39 is 35.2 Å². The number of aromatic nitrogens is 2. The number of thioether (sulfide) groups is 1. The highest BCUT2D eigenvalue weighted by molar-refractivity contribution is 8.00. The first kappa shape index (κ1) is 32.6. The van der Waals surface area contributed by atoms with Crippen molar-refractivity contribution < 1.29 is 43.8 Å². The largest absolute Gasteiger partial charge is 0.543 e. The normalized spacial score (nSPS) is 18.7. The third-order valence-electron chi connectivity index (χ3n) is 7.53. The van der Waals surface area contributed by atoms with Gasteiger partial charge in [-0.15, -0.1) is 23.1 Å². The van der Waals surface area contributed by atoms with Gasteiger partial charge in [0.25, 0.3) is 11.8 Å². The van der Waals surface area contributed by atoms with E-state index in [0.29, 0.717) is 23.4 Å². The average Bonchev–Trinajstić information content (AvgIpc) is 3.51. The molecule has 1 fully saturated rings. The molecule has 0 spiro atoms. The molecule has 0 unspecified atom stereocenters. The van der Waals surface area contributed by atoms with E-state index in [1.807, 2.05) is 12.3 Å². The van der Waals surface area contributed by atoms with E-state index in [-0.39, 0.29) is 22.2 Å². The number of benzene rings is 1. The summed E-state index contributed by atoms with van der Waals surface area (Å²) in [6.45, 7) is 0.364. The van der Waals surface area contributed by atoms with Crippen molar-refractivity contribution in [1.29, 1.82) is 0 Å². The molecule has 240 valence electrons. The van der Waals surface area contributed by atoms with Crippen LogP contribution in [-0.2, 0) is 43.5 Å². The predicted molar refractivity (Wildman–Crippen MR) is 165 cm³/mol. The molecule has 1 saturated heterocycles. The van der Waals surface area contributed by atoms with Crippen LogP contribution in [0.4, 0.5) is 5.13 Å². The van der Waals surface area contributed by atoms with Crippen LogP contribution in [0.25, 0.3) is 0 Å². The van der Waals surface area contributed by atoms with Crippen molar-refractivity contribution in [2.75, 3.05) is 18.6 Å². The number of fused-ring (bicyclic) bond motifs is 2. The smallest absolute Gasteiger partial charge is 0.372 e. The van der Waals surface area contributed by atoms with Gasteiger partial charge in [0.1, 0.15) is 24.2 Å². The molecule has 4 N–H and O–H groups in total. The van der Waals surface area contributed by atoms with Gasteiger partial charge in [0.2, 0.25) is 0 Å². The van der Waals surface area contributed by atoms with Crippen molar-refractivity contribution >= 4 is 57.7 Å². The molecular formula is C30H30N6O8S2. The van der Waals surface area contributed by atoms with Crippen LogP contribution in [0.3, 0.4) is 0 Å². The van der Waals surface area contributed by atoms with Crippen molar-refractivity contribution in [1.82, 2.24) is 15.2 Å². The molecule has 3 aromatic rings. The fourth-order valence-electron chi connectivity index (χ4n) is 5.45. The predicted octanol–water partition coefficient (Wildman–Crippen LogP) is 0.663. The second kappa shape index (κ2) is 14.5. The van der Waals surface area contributed by atoms with Gasteiger partial charge in [0.15, 0.2) is 29.3 Å². The molecule has 1 aliphatic carbocycles. The third-order valence-corrected chi connectivity index (χ3v) is 9.55. The maximum atomic E-state index is 13.1. The van der Waals surface area contributed by atoms with E-state index in [1.54, 1.807) is 35.7 Å². The number of rotatable bonds is 8. The SMILES string of the molecule is CO/N=C(\C(=O)N[C@@H]1C(=O)N2C(C(=O)[O-])=C(C[n+]3cccc4c3CCCC4)CS[C@H]12)c1csc(N)n1.O=C(OO)c1ccccc1. The van der Waals surface area contributed by atoms with E-state index in [1.165, 1.54) is 35.0 Å². The number of anilines is 1. The number of hydrogen-bond donors (Lipinski definition) is 3. The summed E-state index contributed by atoms with van der Waals surface area (Å²) in [5, 5.41) is 27.7. The summed E-state index contributed by atoms with van der Waals surface area (Å²) in [5.41, 5.74) is 9.06. The molecular weight excluding hydrogens is 636 g/mol. The maximum Gasteiger partial charge on any atom is 0.372 e. The number of aryl methyl sites for hydroxylation is 1. The molecule has 0 saturated carbocycles. The van der Waals surface area contributed by atoms with Gasteiger partial charge in [-0.25, -0.2) is 9.78 Å². The van der Waals surface area contributed by atoms with Gasteiger partial charge in [-0.2, -0.15) is 9.82 Å². The number of nitrogens with two attached hydrogens (primary N) is 1. The Morgan fingerprint density at radius 2 is 1.96 bits per heavy atom. The van der Waals surface area contributed by atoms with E-state index in [0.717, 1.165) is 37.0 Å². The number of nitrogens with one attached hydrogen (secondary N) is 1. The van der Waals surface area contributed by atoms with Gasteiger partial charge in [0, 0.05) is 34.8 Å². The first-order chi connectivity index (χ1) is 22.2. The number of carboxylic acid groups (broad SMARTS) is 1. The molecule has 2 amide bonds. The molecule has 4 heterocycles. The number of nitrogen functional groups attached to an aromatic ring is 1. The molecule has 46 heavy (non-hydrogen) atoms. The Morgan fingerprint density at radius 3 is 2.63 bits per heavy atom. The minimum Gasteiger partial charge on any atom is -0.543 e. The molecule has 1 aromatic carbocycles. The number of thiazole rings is 1. The number of β-lactam (4-membered cyclic amide) rings is 1. The number of pyridine rings is 1. The van der Waals surface area contributed by atoms with Gasteiger partial charge in [0.05, 0.1) is 17.2 Å². The number of nitrogens with zero attached hydrogens (tertiary/aromatic N) is 4. The summed E-state index contributed by atoms with van der Waals surface area (Å²) < 4.78 is 2.07. The van der Waals surface area contributed by atoms with Crippen LogP contribution in [0.5, 0.6) is 0 Å². The lowest BCUT2D eigenvalue weighted by Crippen LogP contribution is -2.71. The fraction of sp³-hybridized carbons (Fsp3) is 0.300. The van der Waals surface area contributed by atoms with E-state index in [2.05, 4.69) is 31.0 Å². The van der Waals surface area contributed by atoms with Crippen LogP contribution in [0.15, 0.2) is 70.5 Å². The zero-order chi connectivity index (χ0) is 32.8. The second-order valence-electron chi connectivity index (χ2n) is 10.4. The van der Waals surface area contributed by atoms with E-state index in [4.69, 9.17) is 15.8 Å². The van der Waals surface area contributed by atoms with E-state index in [9.17, 15) is 24.3 Å². The molecule has 14 nitrogen and oxygen atoms in total. The summed E-state index contributed by atoms with van der Waals surface area (Å²) in [6.07, 6.45) is 6.13. The highest BCUT2D eigenvalue weighted by Crippen LogP contribution is 2.40. The minimum atomic E-state index is -1.40. The van der Waals surface area contributed by atoms with Crippen LogP contribution in [0.2, 0.25) is 0 Å². The Labute approximate surface area is 271 Å². The quantitative estimate of drug-likeness (QED) is 0.100. The molecule has 0 radical (unpaired) electrons. The fourth-order valence-corrected chi connectivity index (χ4v) is 7.33. The van der Waals surface area contributed by atoms with Crippen LogP contribution < -0.4 is 20.7 Å². The Bertz CT molecular complexity index is 1710. The summed E-state index contributed by atoms with van der Waals surface area (Å²) in [5.74, 6) is -2.94. The second-order valence-corrected chi connectivity index (χ2v) is 12.3. The number of hydrogen-bond acceptors (Lipinski definition) is 13. The maximum absolute atomic E-state index is 13.1. The topological polar surface area (TPSA) is 200 Å². The molecule has 16 heteroatoms. The molecule has 6 rings (SSSR count). The Hall–Kier alpha value is -4.80. The monoisotopic (exact) mass is 666 g/mol. The Balaban J connectivity index is 0.000000356. The number of carbonyl (C=O) groups excluding carboxylic acids is 4. The Kier molecular flexibility index (Phi) is 10.3. The third kappa shape index (κ3) is 6.88. The molecule has 3 aliphatic rings. The zero-order valence-electron chi connectivity index (χ0n) is 24.6. The van der Waals surface area contributed by atoms with Crippen LogP contribution in [-0.4, -0.2) is 68.9 Å². The Morgan fingerprint density at radius 1 is 1.20 bits per heavy atom. The molecule has 2 aromatic heterocycles. The summed E-state index contributed by atoms with van der Waals surface area (Å²) in [7, 11) is 1.29. The number of amides is 2. The minimum absolute atomic E-state index is 0.117. The first-order valence-corrected chi connectivity index (χ1v) is 16.1. The molecule has 2 atom stereocenters. The van der Waals surface area contributed by atoms with Crippen molar-refractivity contribution in [3.63, 3.8) is 0 Å². The highest BCUT2D eigenvalue weighted by Gasteiger charge is 2.53. The van der Waals surface area contributed by atoms with Crippen molar-refractivity contribution in [2.24, 2.45) is 5.16 Å². The van der Waals surface area contributed by atoms with E-state index >= 15 is 0 Å². The summed E-state index contributed by atoms with van der Waals surface area (Å²) in [6, 6.07) is 11.4. The van der Waals surface area contributed by atoms with Crippen LogP contribution in [0, 0.1) is 0 Å². The first-order valence-electron chi connectivity index (χ1n) is 14.2. The van der Waals surface area contributed by atoms with Crippen molar-refractivity contribution in [3.8, 4) is 0 Å². The van der Waals surface area contributed by atoms with Gasteiger partial charge < -0.3 is 25.8 Å². The number of aliphatic carboxylic acids is 1. The van der Waals surface area contributed by atoms with Crippen LogP contribution >= 0.6 is 23.1 Å². The van der Waals surface area contributed by atoms with Gasteiger partial charge >= 0.3 is 5.97 Å². The van der Waals surface area contributed by atoms with Crippen LogP contribution in [0.1, 0.15) is 40.2 Å². The van der Waals surface area contributed by atoms with Gasteiger partial charge in [-0.3, -0.25) is 19.4 Å². The van der Waals surface area contributed by atoms with Gasteiger partial charge in [-0.1, -0.05) is 23.4 Å². The lowest BCUT2D eigenvalue weighted by atomic mass is 9.95.